The lowest BCUT2D eigenvalue weighted by Gasteiger charge is -2.35. The standard InChI is InChI=1S/C9H20BN2O2P/c1-8(2)12(9(3)4)15(14-10)13-7-5-6-11/h8-9H,5,7,10H2,1-4H3. The van der Waals surface area contributed by atoms with Gasteiger partial charge in [-0.2, -0.15) is 5.26 Å². The third-order valence-electron chi connectivity index (χ3n) is 1.82. The lowest BCUT2D eigenvalue weighted by molar-refractivity contribution is 0.223. The molecule has 1 atom stereocenters. The molecule has 0 rings (SSSR count). The molecule has 0 N–H and O–H groups in total. The van der Waals surface area contributed by atoms with Crippen molar-refractivity contribution in [3.63, 3.8) is 0 Å². The summed E-state index contributed by atoms with van der Waals surface area (Å²) in [6.45, 7) is 8.89. The van der Waals surface area contributed by atoms with Gasteiger partial charge in [0, 0.05) is 12.1 Å². The van der Waals surface area contributed by atoms with Gasteiger partial charge >= 0.3 is 0 Å². The zero-order valence-electron chi connectivity index (χ0n) is 10.2. The quantitative estimate of drug-likeness (QED) is 0.380. The third-order valence-corrected chi connectivity index (χ3v) is 3.84. The lowest BCUT2D eigenvalue weighted by Crippen LogP contribution is -2.33. The molecule has 1 unspecified atom stereocenters. The first-order chi connectivity index (χ1) is 7.04. The Morgan fingerprint density at radius 2 is 1.87 bits per heavy atom. The van der Waals surface area contributed by atoms with Gasteiger partial charge in [0.2, 0.25) is 8.53 Å². The van der Waals surface area contributed by atoms with Crippen LogP contribution in [0.4, 0.5) is 0 Å². The van der Waals surface area contributed by atoms with Crippen LogP contribution < -0.4 is 0 Å². The molecule has 0 aliphatic rings. The summed E-state index contributed by atoms with van der Waals surface area (Å²) >= 11 is 0. The molecule has 0 saturated carbocycles. The van der Waals surface area contributed by atoms with Crippen LogP contribution in [-0.4, -0.2) is 31.4 Å². The maximum absolute atomic E-state index is 8.43. The summed E-state index contributed by atoms with van der Waals surface area (Å²) < 4.78 is 13.1. The smallest absolute Gasteiger partial charge is 0.267 e. The van der Waals surface area contributed by atoms with Crippen molar-refractivity contribution in [3.8, 4) is 6.07 Å². The predicted molar refractivity (Wildman–Crippen MR) is 64.8 cm³/mol. The SMILES string of the molecule is BOP(OCCC#N)N(C(C)C)C(C)C. The Morgan fingerprint density at radius 1 is 1.33 bits per heavy atom. The van der Waals surface area contributed by atoms with Crippen LogP contribution in [-0.2, 0) is 8.96 Å². The van der Waals surface area contributed by atoms with Crippen molar-refractivity contribution < 1.29 is 8.96 Å². The van der Waals surface area contributed by atoms with Gasteiger partial charge in [0.1, 0.15) is 0 Å². The van der Waals surface area contributed by atoms with Gasteiger partial charge in [-0.1, -0.05) is 0 Å². The van der Waals surface area contributed by atoms with E-state index in [1.54, 1.807) is 8.05 Å². The maximum atomic E-state index is 8.43. The first kappa shape index (κ1) is 14.9. The monoisotopic (exact) mass is 230 g/mol. The van der Waals surface area contributed by atoms with E-state index >= 15 is 0 Å². The molecule has 0 fully saturated rings. The molecule has 0 aliphatic heterocycles. The van der Waals surface area contributed by atoms with Gasteiger partial charge in [0.05, 0.1) is 19.1 Å². The molecule has 0 saturated heterocycles. The van der Waals surface area contributed by atoms with E-state index in [2.05, 4.69) is 38.4 Å². The molecular weight excluding hydrogens is 210 g/mol. The van der Waals surface area contributed by atoms with Gasteiger partial charge < -0.3 is 8.96 Å². The van der Waals surface area contributed by atoms with Crippen molar-refractivity contribution in [2.45, 2.75) is 46.2 Å². The van der Waals surface area contributed by atoms with Crippen molar-refractivity contribution in [2.75, 3.05) is 6.61 Å². The zero-order valence-corrected chi connectivity index (χ0v) is 11.1. The Bertz CT molecular complexity index is 201. The Hall–Kier alpha value is -0.135. The van der Waals surface area contributed by atoms with Crippen LogP contribution in [0.3, 0.4) is 0 Å². The van der Waals surface area contributed by atoms with Crippen molar-refractivity contribution in [1.82, 2.24) is 4.67 Å². The maximum Gasteiger partial charge on any atom is 0.267 e. The van der Waals surface area contributed by atoms with Crippen molar-refractivity contribution >= 4 is 16.6 Å². The van der Waals surface area contributed by atoms with E-state index in [0.717, 1.165) is 0 Å². The first-order valence-electron chi connectivity index (χ1n) is 5.17. The highest BCUT2D eigenvalue weighted by molar-refractivity contribution is 7.45. The topological polar surface area (TPSA) is 45.5 Å². The highest BCUT2D eigenvalue weighted by Crippen LogP contribution is 2.44. The Kier molecular flexibility index (Phi) is 8.00. The average molecular weight is 230 g/mol. The molecule has 15 heavy (non-hydrogen) atoms. The normalized spacial score (nSPS) is 13.5. The fourth-order valence-corrected chi connectivity index (χ4v) is 2.79. The van der Waals surface area contributed by atoms with E-state index in [9.17, 15) is 0 Å². The van der Waals surface area contributed by atoms with E-state index in [1.807, 2.05) is 0 Å². The summed E-state index contributed by atoms with van der Waals surface area (Å²) in [5.41, 5.74) is 0. The molecule has 0 bridgehead atoms. The highest BCUT2D eigenvalue weighted by Gasteiger charge is 2.25. The van der Waals surface area contributed by atoms with Crippen molar-refractivity contribution in [3.05, 3.63) is 0 Å². The van der Waals surface area contributed by atoms with Crippen LogP contribution in [0.2, 0.25) is 0 Å². The number of hydrogen-bond acceptors (Lipinski definition) is 4. The molecule has 86 valence electrons. The Morgan fingerprint density at radius 3 is 2.20 bits per heavy atom. The van der Waals surface area contributed by atoms with Crippen LogP contribution in [0.1, 0.15) is 34.1 Å². The lowest BCUT2D eigenvalue weighted by atomic mass is 10.3. The third kappa shape index (κ3) is 5.48. The molecule has 0 aromatic carbocycles. The molecule has 0 amide bonds. The van der Waals surface area contributed by atoms with E-state index in [1.165, 1.54) is 0 Å². The van der Waals surface area contributed by atoms with Crippen LogP contribution in [0.25, 0.3) is 0 Å². The second-order valence-electron chi connectivity index (χ2n) is 3.73. The van der Waals surface area contributed by atoms with Gasteiger partial charge in [0.25, 0.3) is 8.05 Å². The zero-order chi connectivity index (χ0) is 11.8. The molecule has 4 nitrogen and oxygen atoms in total. The summed E-state index contributed by atoms with van der Waals surface area (Å²) in [6, 6.07) is 2.80. The fourth-order valence-electron chi connectivity index (χ4n) is 1.36. The van der Waals surface area contributed by atoms with Crippen molar-refractivity contribution in [2.24, 2.45) is 0 Å². The molecule has 0 radical (unpaired) electrons. The predicted octanol–water partition coefficient (Wildman–Crippen LogP) is 1.83. The second-order valence-corrected chi connectivity index (χ2v) is 5.29. The molecule has 0 aliphatic carbocycles. The second kappa shape index (κ2) is 8.07. The number of rotatable bonds is 7. The number of nitrogens with zero attached hydrogens (tertiary/aromatic N) is 2. The molecule has 0 spiro atoms. The first-order valence-corrected chi connectivity index (χ1v) is 6.30. The number of nitriles is 1. The summed E-state index contributed by atoms with van der Waals surface area (Å²) in [4.78, 5) is 0. The summed E-state index contributed by atoms with van der Waals surface area (Å²) in [7, 11) is 0.618. The van der Waals surface area contributed by atoms with Crippen LogP contribution in [0.5, 0.6) is 0 Å². The van der Waals surface area contributed by atoms with Crippen LogP contribution in [0, 0.1) is 11.3 Å². The van der Waals surface area contributed by atoms with E-state index in [4.69, 9.17) is 14.2 Å². The molecule has 0 heterocycles. The summed E-state index contributed by atoms with van der Waals surface area (Å²) in [6.07, 6.45) is 0.409. The largest absolute Gasteiger partial charge is 0.392 e. The fraction of sp³-hybridized carbons (Fsp3) is 0.889. The van der Waals surface area contributed by atoms with Gasteiger partial charge in [-0.25, -0.2) is 4.67 Å². The summed E-state index contributed by atoms with van der Waals surface area (Å²) in [5, 5.41) is 8.43. The minimum Gasteiger partial charge on any atom is -0.392 e. The molecule has 0 aromatic heterocycles. The van der Waals surface area contributed by atoms with Gasteiger partial charge in [0.15, 0.2) is 0 Å². The minimum atomic E-state index is -1.03. The summed E-state index contributed by atoms with van der Waals surface area (Å²) in [5.74, 6) is 0. The van der Waals surface area contributed by atoms with Crippen LogP contribution >= 0.6 is 8.53 Å². The minimum absolute atomic E-state index is 0.373. The van der Waals surface area contributed by atoms with Gasteiger partial charge in [-0.05, 0) is 27.7 Å². The van der Waals surface area contributed by atoms with E-state index < -0.39 is 8.53 Å². The van der Waals surface area contributed by atoms with E-state index in [0.29, 0.717) is 25.1 Å². The Balaban J connectivity index is 4.27. The highest BCUT2D eigenvalue weighted by atomic mass is 31.2. The van der Waals surface area contributed by atoms with Crippen LogP contribution in [0.15, 0.2) is 0 Å². The van der Waals surface area contributed by atoms with E-state index in [-0.39, 0.29) is 0 Å². The molecular formula is C9H20BN2O2P. The van der Waals surface area contributed by atoms with Crippen molar-refractivity contribution in [1.29, 1.82) is 5.26 Å². The average Bonchev–Trinajstić information content (AvgIpc) is 2.15. The van der Waals surface area contributed by atoms with Gasteiger partial charge in [-0.15, -0.1) is 0 Å². The molecule has 6 heteroatoms. The molecule has 0 aromatic rings. The van der Waals surface area contributed by atoms with Gasteiger partial charge in [-0.3, -0.25) is 0 Å². The Labute approximate surface area is 95.0 Å². The number of hydrogen-bond donors (Lipinski definition) is 0.